The van der Waals surface area contributed by atoms with Gasteiger partial charge < -0.3 is 20.6 Å². The lowest BCUT2D eigenvalue weighted by atomic mass is 9.69. The zero-order valence-corrected chi connectivity index (χ0v) is 21.8. The van der Waals surface area contributed by atoms with Gasteiger partial charge in [0.2, 0.25) is 11.8 Å². The van der Waals surface area contributed by atoms with Gasteiger partial charge in [-0.05, 0) is 68.6 Å². The van der Waals surface area contributed by atoms with E-state index in [-0.39, 0.29) is 35.6 Å². The second-order valence-corrected chi connectivity index (χ2v) is 12.3. The van der Waals surface area contributed by atoms with Crippen molar-refractivity contribution in [1.82, 2.24) is 15.5 Å². The standard InChI is InChI=1S/C28H47N3O4/c1-18(2)15-24(30-28(34)35)27(33)31-16-21-13-14-23(22(21)17-31)29-26(32)25(19-9-5-3-6-10-19)20-11-7-4-8-12-20/h18-25,30H,3-17H2,1-2H3,(H,29,32)(H,34,35)/t21-,22?,23?,24?/m0/s1. The summed E-state index contributed by atoms with van der Waals surface area (Å²) in [5, 5.41) is 15.2. The Balaban J connectivity index is 1.39. The van der Waals surface area contributed by atoms with Gasteiger partial charge in [0.1, 0.15) is 6.04 Å². The van der Waals surface area contributed by atoms with E-state index in [2.05, 4.69) is 10.6 Å². The van der Waals surface area contributed by atoms with Gasteiger partial charge in [-0.3, -0.25) is 9.59 Å². The molecule has 3 saturated carbocycles. The predicted octanol–water partition coefficient (Wildman–Crippen LogP) is 4.80. The van der Waals surface area contributed by atoms with Gasteiger partial charge in [-0.25, -0.2) is 4.79 Å². The predicted molar refractivity (Wildman–Crippen MR) is 136 cm³/mol. The highest BCUT2D eigenvalue weighted by Gasteiger charge is 2.47. The molecule has 35 heavy (non-hydrogen) atoms. The van der Waals surface area contributed by atoms with Crippen LogP contribution in [0.2, 0.25) is 0 Å². The first-order valence-electron chi connectivity index (χ1n) is 14.4. The van der Waals surface area contributed by atoms with E-state index >= 15 is 0 Å². The normalized spacial score (nSPS) is 28.8. The lowest BCUT2D eigenvalue weighted by molar-refractivity contribution is -0.133. The maximum atomic E-state index is 13.8. The zero-order chi connectivity index (χ0) is 24.9. The van der Waals surface area contributed by atoms with Crippen molar-refractivity contribution in [3.8, 4) is 0 Å². The summed E-state index contributed by atoms with van der Waals surface area (Å²) in [6.07, 6.45) is 13.8. The van der Waals surface area contributed by atoms with E-state index in [9.17, 15) is 19.5 Å². The van der Waals surface area contributed by atoms with E-state index in [1.54, 1.807) is 0 Å². The van der Waals surface area contributed by atoms with Crippen LogP contribution in [0.5, 0.6) is 0 Å². The first-order valence-corrected chi connectivity index (χ1v) is 14.4. The molecule has 4 atom stereocenters. The zero-order valence-electron chi connectivity index (χ0n) is 21.8. The van der Waals surface area contributed by atoms with Crippen molar-refractivity contribution in [1.29, 1.82) is 0 Å². The molecule has 1 saturated heterocycles. The molecular formula is C28H47N3O4. The highest BCUT2D eigenvalue weighted by atomic mass is 16.4. The summed E-state index contributed by atoms with van der Waals surface area (Å²) in [6.45, 7) is 5.31. The third kappa shape index (κ3) is 6.51. The van der Waals surface area contributed by atoms with Crippen LogP contribution in [0.15, 0.2) is 0 Å². The molecule has 4 fully saturated rings. The van der Waals surface area contributed by atoms with Gasteiger partial charge in [0.15, 0.2) is 0 Å². The van der Waals surface area contributed by atoms with E-state index in [0.717, 1.165) is 12.8 Å². The van der Waals surface area contributed by atoms with Crippen LogP contribution < -0.4 is 10.6 Å². The summed E-state index contributed by atoms with van der Waals surface area (Å²) >= 11 is 0. The Morgan fingerprint density at radius 2 is 1.46 bits per heavy atom. The van der Waals surface area contributed by atoms with Gasteiger partial charge in [-0.15, -0.1) is 0 Å². The Labute approximate surface area is 211 Å². The molecule has 0 radical (unpaired) electrons. The quantitative estimate of drug-likeness (QED) is 0.456. The smallest absolute Gasteiger partial charge is 0.405 e. The fraction of sp³-hybridized carbons (Fsp3) is 0.893. The summed E-state index contributed by atoms with van der Waals surface area (Å²) in [5.41, 5.74) is 0. The third-order valence-corrected chi connectivity index (χ3v) is 9.42. The average Bonchev–Trinajstić information content (AvgIpc) is 3.41. The Kier molecular flexibility index (Phi) is 8.98. The van der Waals surface area contributed by atoms with Crippen LogP contribution in [0.1, 0.15) is 97.3 Å². The van der Waals surface area contributed by atoms with Crippen molar-refractivity contribution in [3.05, 3.63) is 0 Å². The molecule has 4 aliphatic rings. The summed E-state index contributed by atoms with van der Waals surface area (Å²) in [5.74, 6) is 2.30. The molecule has 198 valence electrons. The number of carboxylic acid groups (broad SMARTS) is 1. The summed E-state index contributed by atoms with van der Waals surface area (Å²) in [7, 11) is 0. The number of nitrogens with zero attached hydrogens (tertiary/aromatic N) is 1. The van der Waals surface area contributed by atoms with Crippen LogP contribution in [0.3, 0.4) is 0 Å². The van der Waals surface area contributed by atoms with Crippen molar-refractivity contribution < 1.29 is 19.5 Å². The minimum atomic E-state index is -1.15. The van der Waals surface area contributed by atoms with Gasteiger partial charge >= 0.3 is 6.09 Å². The Bertz CT molecular complexity index is 726. The average molecular weight is 490 g/mol. The largest absolute Gasteiger partial charge is 0.465 e. The maximum absolute atomic E-state index is 13.8. The van der Waals surface area contributed by atoms with Crippen LogP contribution in [-0.2, 0) is 9.59 Å². The molecule has 3 aliphatic carbocycles. The van der Waals surface area contributed by atoms with Crippen molar-refractivity contribution in [2.75, 3.05) is 13.1 Å². The first-order chi connectivity index (χ1) is 16.8. The van der Waals surface area contributed by atoms with E-state index in [1.165, 1.54) is 64.2 Å². The molecule has 1 aliphatic heterocycles. The molecule has 7 heteroatoms. The van der Waals surface area contributed by atoms with Crippen molar-refractivity contribution in [3.63, 3.8) is 0 Å². The Morgan fingerprint density at radius 1 is 0.857 bits per heavy atom. The third-order valence-electron chi connectivity index (χ3n) is 9.42. The maximum Gasteiger partial charge on any atom is 0.405 e. The van der Waals surface area contributed by atoms with Crippen LogP contribution in [-0.4, -0.2) is 53.1 Å². The van der Waals surface area contributed by atoms with Crippen LogP contribution >= 0.6 is 0 Å². The lowest BCUT2D eigenvalue weighted by Gasteiger charge is -2.38. The fourth-order valence-electron chi connectivity index (χ4n) is 7.77. The SMILES string of the molecule is CC(C)CC(NC(=O)O)C(=O)N1CC2C(NC(=O)C(C3CCCCC3)C3CCCCC3)CC[C@H]2C1. The van der Waals surface area contributed by atoms with Crippen LogP contribution in [0.25, 0.3) is 0 Å². The van der Waals surface area contributed by atoms with Crippen molar-refractivity contribution >= 4 is 17.9 Å². The van der Waals surface area contributed by atoms with E-state index in [4.69, 9.17) is 0 Å². The Hall–Kier alpha value is -1.79. The topological polar surface area (TPSA) is 98.7 Å². The molecule has 3 unspecified atom stereocenters. The van der Waals surface area contributed by atoms with Gasteiger partial charge in [0.25, 0.3) is 0 Å². The molecule has 0 aromatic rings. The fourth-order valence-corrected chi connectivity index (χ4v) is 7.77. The number of rotatable bonds is 8. The van der Waals surface area contributed by atoms with Crippen LogP contribution in [0, 0.1) is 35.5 Å². The Morgan fingerprint density at radius 3 is 2.00 bits per heavy atom. The molecule has 7 nitrogen and oxygen atoms in total. The number of likely N-dealkylation sites (tertiary alicyclic amines) is 1. The van der Waals surface area contributed by atoms with E-state index in [0.29, 0.717) is 37.3 Å². The molecule has 0 aromatic heterocycles. The minimum absolute atomic E-state index is 0.108. The van der Waals surface area contributed by atoms with Crippen molar-refractivity contribution in [2.24, 2.45) is 35.5 Å². The molecule has 0 spiro atoms. The van der Waals surface area contributed by atoms with Crippen LogP contribution in [0.4, 0.5) is 4.79 Å². The highest BCUT2D eigenvalue weighted by Crippen LogP contribution is 2.42. The highest BCUT2D eigenvalue weighted by molar-refractivity contribution is 5.85. The second-order valence-electron chi connectivity index (χ2n) is 12.3. The van der Waals surface area contributed by atoms with Gasteiger partial charge in [0, 0.05) is 31.0 Å². The van der Waals surface area contributed by atoms with Gasteiger partial charge in [-0.1, -0.05) is 52.4 Å². The summed E-state index contributed by atoms with van der Waals surface area (Å²) in [4.78, 5) is 40.1. The number of amides is 3. The molecule has 4 rings (SSSR count). The number of hydrogen-bond donors (Lipinski definition) is 3. The number of fused-ring (bicyclic) bond motifs is 1. The van der Waals surface area contributed by atoms with E-state index < -0.39 is 12.1 Å². The summed E-state index contributed by atoms with van der Waals surface area (Å²) < 4.78 is 0. The summed E-state index contributed by atoms with van der Waals surface area (Å²) in [6, 6.07) is -0.558. The second kappa shape index (κ2) is 12.0. The van der Waals surface area contributed by atoms with Gasteiger partial charge in [0.05, 0.1) is 0 Å². The van der Waals surface area contributed by atoms with Crippen molar-refractivity contribution in [2.45, 2.75) is 109 Å². The molecule has 0 bridgehead atoms. The minimum Gasteiger partial charge on any atom is -0.465 e. The monoisotopic (exact) mass is 489 g/mol. The number of hydrogen-bond acceptors (Lipinski definition) is 3. The number of carbonyl (C=O) groups is 3. The molecule has 0 aromatic carbocycles. The molecule has 3 N–H and O–H groups in total. The lowest BCUT2D eigenvalue weighted by Crippen LogP contribution is -2.49. The number of nitrogens with one attached hydrogen (secondary N) is 2. The first kappa shape index (κ1) is 26.3. The van der Waals surface area contributed by atoms with Gasteiger partial charge in [-0.2, -0.15) is 0 Å². The molecule has 3 amide bonds. The van der Waals surface area contributed by atoms with E-state index in [1.807, 2.05) is 18.7 Å². The number of carbonyl (C=O) groups excluding carboxylic acids is 2. The molecule has 1 heterocycles. The molecular weight excluding hydrogens is 442 g/mol.